The van der Waals surface area contributed by atoms with E-state index in [1.54, 1.807) is 24.0 Å². The topological polar surface area (TPSA) is 55.6 Å². The van der Waals surface area contributed by atoms with E-state index in [4.69, 9.17) is 0 Å². The van der Waals surface area contributed by atoms with E-state index in [0.717, 1.165) is 11.3 Å². The average molecular weight is 178 g/mol. The molecule has 0 fully saturated rings. The quantitative estimate of drug-likeness (QED) is 0.674. The standard InChI is InChI=1S/C8H10N4O/c1-11-5-6(4-9-11)7-3-8(13)12(2)10-7/h3-5,10H,1-2H3. The van der Waals surface area contributed by atoms with E-state index in [1.165, 1.54) is 4.68 Å². The molecule has 2 rings (SSSR count). The molecule has 2 aromatic rings. The monoisotopic (exact) mass is 178 g/mol. The van der Waals surface area contributed by atoms with E-state index in [9.17, 15) is 4.79 Å². The second-order valence-electron chi connectivity index (χ2n) is 2.97. The molecular formula is C8H10N4O. The first kappa shape index (κ1) is 7.85. The van der Waals surface area contributed by atoms with Crippen molar-refractivity contribution in [2.75, 3.05) is 0 Å². The number of aryl methyl sites for hydroxylation is 2. The summed E-state index contributed by atoms with van der Waals surface area (Å²) in [6, 6.07) is 1.55. The summed E-state index contributed by atoms with van der Waals surface area (Å²) in [5.41, 5.74) is 1.67. The minimum Gasteiger partial charge on any atom is -0.295 e. The summed E-state index contributed by atoms with van der Waals surface area (Å²) < 4.78 is 3.13. The molecule has 0 aromatic carbocycles. The lowest BCUT2D eigenvalue weighted by molar-refractivity contribution is 0.742. The lowest BCUT2D eigenvalue weighted by Gasteiger charge is -1.89. The second-order valence-corrected chi connectivity index (χ2v) is 2.97. The molecule has 0 saturated carbocycles. The molecular weight excluding hydrogens is 168 g/mol. The fourth-order valence-corrected chi connectivity index (χ4v) is 1.20. The Kier molecular flexibility index (Phi) is 1.58. The average Bonchev–Trinajstić information content (AvgIpc) is 2.61. The van der Waals surface area contributed by atoms with Gasteiger partial charge in [0.25, 0.3) is 5.56 Å². The van der Waals surface area contributed by atoms with Crippen molar-refractivity contribution < 1.29 is 0 Å². The molecule has 0 saturated heterocycles. The normalized spacial score (nSPS) is 10.6. The van der Waals surface area contributed by atoms with Crippen LogP contribution >= 0.6 is 0 Å². The van der Waals surface area contributed by atoms with Gasteiger partial charge in [0.15, 0.2) is 0 Å². The minimum atomic E-state index is -0.0427. The molecule has 1 N–H and O–H groups in total. The smallest absolute Gasteiger partial charge is 0.266 e. The van der Waals surface area contributed by atoms with Gasteiger partial charge in [0.2, 0.25) is 0 Å². The van der Waals surface area contributed by atoms with Crippen LogP contribution in [0.5, 0.6) is 0 Å². The van der Waals surface area contributed by atoms with Gasteiger partial charge in [-0.2, -0.15) is 5.10 Å². The van der Waals surface area contributed by atoms with Gasteiger partial charge >= 0.3 is 0 Å². The third-order valence-corrected chi connectivity index (χ3v) is 1.90. The number of aromatic amines is 1. The van der Waals surface area contributed by atoms with Crippen molar-refractivity contribution in [2.45, 2.75) is 0 Å². The molecule has 0 aliphatic heterocycles. The lowest BCUT2D eigenvalue weighted by Crippen LogP contribution is -2.09. The van der Waals surface area contributed by atoms with Crippen LogP contribution in [0.2, 0.25) is 0 Å². The summed E-state index contributed by atoms with van der Waals surface area (Å²) >= 11 is 0. The number of aromatic nitrogens is 4. The molecule has 13 heavy (non-hydrogen) atoms. The predicted molar refractivity (Wildman–Crippen MR) is 48.2 cm³/mol. The van der Waals surface area contributed by atoms with E-state index in [1.807, 2.05) is 13.2 Å². The maximum atomic E-state index is 11.1. The Balaban J connectivity index is 2.52. The van der Waals surface area contributed by atoms with Gasteiger partial charge in [0, 0.05) is 31.9 Å². The highest BCUT2D eigenvalue weighted by atomic mass is 16.1. The SMILES string of the molecule is Cn1cc(-c2cc(=O)n(C)[nH]2)cn1. The molecule has 2 heterocycles. The maximum Gasteiger partial charge on any atom is 0.266 e. The van der Waals surface area contributed by atoms with Gasteiger partial charge in [-0.05, 0) is 0 Å². The van der Waals surface area contributed by atoms with Crippen molar-refractivity contribution in [2.24, 2.45) is 14.1 Å². The van der Waals surface area contributed by atoms with Crippen molar-refractivity contribution in [1.29, 1.82) is 0 Å². The van der Waals surface area contributed by atoms with E-state index in [2.05, 4.69) is 10.2 Å². The zero-order valence-corrected chi connectivity index (χ0v) is 7.48. The van der Waals surface area contributed by atoms with Crippen molar-refractivity contribution in [3.8, 4) is 11.3 Å². The Hall–Kier alpha value is -1.78. The van der Waals surface area contributed by atoms with Crippen LogP contribution in [0.3, 0.4) is 0 Å². The highest BCUT2D eigenvalue weighted by molar-refractivity contribution is 5.55. The van der Waals surface area contributed by atoms with Gasteiger partial charge in [-0.25, -0.2) is 0 Å². The van der Waals surface area contributed by atoms with E-state index in [-0.39, 0.29) is 5.56 Å². The van der Waals surface area contributed by atoms with Crippen LogP contribution in [-0.4, -0.2) is 19.6 Å². The number of H-pyrrole nitrogens is 1. The van der Waals surface area contributed by atoms with Crippen LogP contribution in [0, 0.1) is 0 Å². The number of nitrogens with zero attached hydrogens (tertiary/aromatic N) is 3. The molecule has 5 heteroatoms. The zero-order valence-electron chi connectivity index (χ0n) is 7.48. The van der Waals surface area contributed by atoms with Crippen molar-refractivity contribution in [1.82, 2.24) is 19.6 Å². The van der Waals surface area contributed by atoms with Gasteiger partial charge in [0.1, 0.15) is 0 Å². The predicted octanol–water partition coefficient (Wildman–Crippen LogP) is 0.114. The largest absolute Gasteiger partial charge is 0.295 e. The number of hydrogen-bond donors (Lipinski definition) is 1. The van der Waals surface area contributed by atoms with Crippen LogP contribution < -0.4 is 5.56 Å². The summed E-state index contributed by atoms with van der Waals surface area (Å²) in [7, 11) is 3.52. The third kappa shape index (κ3) is 1.28. The Bertz CT molecular complexity index is 476. The van der Waals surface area contributed by atoms with Gasteiger partial charge < -0.3 is 0 Å². The highest BCUT2D eigenvalue weighted by Crippen LogP contribution is 2.12. The highest BCUT2D eigenvalue weighted by Gasteiger charge is 2.03. The van der Waals surface area contributed by atoms with Crippen molar-refractivity contribution in [3.63, 3.8) is 0 Å². The van der Waals surface area contributed by atoms with Crippen LogP contribution in [0.15, 0.2) is 23.3 Å². The summed E-state index contributed by atoms with van der Waals surface area (Å²) in [5, 5.41) is 6.94. The zero-order chi connectivity index (χ0) is 9.42. The minimum absolute atomic E-state index is 0.0427. The molecule has 5 nitrogen and oxygen atoms in total. The Labute approximate surface area is 74.6 Å². The third-order valence-electron chi connectivity index (χ3n) is 1.90. The van der Waals surface area contributed by atoms with Gasteiger partial charge in [0.05, 0.1) is 11.9 Å². The van der Waals surface area contributed by atoms with Crippen LogP contribution in [0.1, 0.15) is 0 Å². The number of nitrogens with one attached hydrogen (secondary N) is 1. The Morgan fingerprint density at radius 1 is 1.46 bits per heavy atom. The summed E-state index contributed by atoms with van der Waals surface area (Å²) in [5.74, 6) is 0. The summed E-state index contributed by atoms with van der Waals surface area (Å²) in [6.07, 6.45) is 3.57. The maximum absolute atomic E-state index is 11.1. The Morgan fingerprint density at radius 3 is 2.69 bits per heavy atom. The summed E-state index contributed by atoms with van der Waals surface area (Å²) in [4.78, 5) is 11.1. The molecule has 0 atom stereocenters. The molecule has 0 aliphatic carbocycles. The fraction of sp³-hybridized carbons (Fsp3) is 0.250. The molecule has 0 spiro atoms. The molecule has 0 bridgehead atoms. The van der Waals surface area contributed by atoms with Crippen LogP contribution in [-0.2, 0) is 14.1 Å². The van der Waals surface area contributed by atoms with Gasteiger partial charge in [-0.1, -0.05) is 0 Å². The van der Waals surface area contributed by atoms with E-state index >= 15 is 0 Å². The second kappa shape index (κ2) is 2.62. The number of hydrogen-bond acceptors (Lipinski definition) is 2. The van der Waals surface area contributed by atoms with Crippen LogP contribution in [0.25, 0.3) is 11.3 Å². The lowest BCUT2D eigenvalue weighted by atomic mass is 10.3. The van der Waals surface area contributed by atoms with Gasteiger partial charge in [-0.3, -0.25) is 19.3 Å². The molecule has 0 aliphatic rings. The first-order valence-corrected chi connectivity index (χ1v) is 3.92. The molecule has 0 amide bonds. The van der Waals surface area contributed by atoms with E-state index in [0.29, 0.717) is 0 Å². The molecule has 68 valence electrons. The van der Waals surface area contributed by atoms with Crippen molar-refractivity contribution in [3.05, 3.63) is 28.8 Å². The molecule has 2 aromatic heterocycles. The van der Waals surface area contributed by atoms with Gasteiger partial charge in [-0.15, -0.1) is 0 Å². The number of rotatable bonds is 1. The first-order chi connectivity index (χ1) is 6.16. The first-order valence-electron chi connectivity index (χ1n) is 3.92. The molecule has 0 radical (unpaired) electrons. The van der Waals surface area contributed by atoms with Crippen LogP contribution in [0.4, 0.5) is 0 Å². The van der Waals surface area contributed by atoms with E-state index < -0.39 is 0 Å². The summed E-state index contributed by atoms with van der Waals surface area (Å²) in [6.45, 7) is 0. The molecule has 0 unspecified atom stereocenters. The fourth-order valence-electron chi connectivity index (χ4n) is 1.20. The van der Waals surface area contributed by atoms with Crippen molar-refractivity contribution >= 4 is 0 Å². The Morgan fingerprint density at radius 2 is 2.23 bits per heavy atom.